The first kappa shape index (κ1) is 16.4. The maximum atomic E-state index is 6.11. The van der Waals surface area contributed by atoms with E-state index in [1.165, 1.54) is 18.4 Å². The van der Waals surface area contributed by atoms with Gasteiger partial charge in [-0.2, -0.15) is 11.3 Å². The molecular formula is C17H28N2O2S. The number of thiophene rings is 1. The van der Waals surface area contributed by atoms with Gasteiger partial charge in [0.2, 0.25) is 0 Å². The quantitative estimate of drug-likeness (QED) is 0.719. The van der Waals surface area contributed by atoms with Crippen LogP contribution in [0, 0.1) is 5.92 Å². The van der Waals surface area contributed by atoms with Crippen molar-refractivity contribution in [1.29, 1.82) is 0 Å². The zero-order chi connectivity index (χ0) is 15.4. The molecule has 3 atom stereocenters. The molecule has 22 heavy (non-hydrogen) atoms. The second-order valence-electron chi connectivity index (χ2n) is 6.72. The summed E-state index contributed by atoms with van der Waals surface area (Å²) in [5.41, 5.74) is 1.44. The first-order chi connectivity index (χ1) is 10.7. The molecule has 2 fully saturated rings. The Morgan fingerprint density at radius 3 is 3.09 bits per heavy atom. The summed E-state index contributed by atoms with van der Waals surface area (Å²) in [6.45, 7) is 5.65. The number of likely N-dealkylation sites (N-methyl/N-ethyl adjacent to an activating group) is 1. The average molecular weight is 324 g/mol. The van der Waals surface area contributed by atoms with Gasteiger partial charge in [0.1, 0.15) is 0 Å². The number of hydrogen-bond acceptors (Lipinski definition) is 5. The standard InChI is InChI=1S/C17H28N2O2S/c1-18(2)6-8-20-12-15-3-4-16-17(15)21-9-7-19(16)11-14-5-10-22-13-14/h5,10,13,15-17H,3-4,6-9,11-12H2,1-2H3/t15-,16+,17-/m0/s1. The van der Waals surface area contributed by atoms with Gasteiger partial charge in [-0.15, -0.1) is 0 Å². The summed E-state index contributed by atoms with van der Waals surface area (Å²) in [7, 11) is 4.17. The molecule has 1 saturated carbocycles. The second kappa shape index (κ2) is 7.88. The third-order valence-electron chi connectivity index (χ3n) is 4.82. The van der Waals surface area contributed by atoms with Crippen molar-refractivity contribution in [3.05, 3.63) is 22.4 Å². The van der Waals surface area contributed by atoms with E-state index in [4.69, 9.17) is 9.47 Å². The van der Waals surface area contributed by atoms with E-state index in [-0.39, 0.29) is 0 Å². The van der Waals surface area contributed by atoms with Crippen molar-refractivity contribution in [3.8, 4) is 0 Å². The van der Waals surface area contributed by atoms with E-state index in [9.17, 15) is 0 Å². The van der Waals surface area contributed by atoms with Crippen molar-refractivity contribution in [2.75, 3.05) is 47.0 Å². The van der Waals surface area contributed by atoms with Gasteiger partial charge in [0.25, 0.3) is 0 Å². The monoisotopic (exact) mass is 324 g/mol. The van der Waals surface area contributed by atoms with Gasteiger partial charge in [-0.05, 0) is 49.3 Å². The van der Waals surface area contributed by atoms with Crippen LogP contribution >= 0.6 is 11.3 Å². The zero-order valence-corrected chi connectivity index (χ0v) is 14.6. The van der Waals surface area contributed by atoms with Gasteiger partial charge < -0.3 is 14.4 Å². The normalized spacial score (nSPS) is 29.1. The predicted octanol–water partition coefficient (Wildman–Crippen LogP) is 2.31. The summed E-state index contributed by atoms with van der Waals surface area (Å²) >= 11 is 1.79. The molecule has 0 bridgehead atoms. The van der Waals surface area contributed by atoms with Crippen molar-refractivity contribution in [3.63, 3.8) is 0 Å². The maximum Gasteiger partial charge on any atom is 0.0781 e. The van der Waals surface area contributed by atoms with Crippen LogP contribution in [0.3, 0.4) is 0 Å². The highest BCUT2D eigenvalue weighted by Gasteiger charge is 2.42. The molecule has 1 aliphatic heterocycles. The number of ether oxygens (including phenoxy) is 2. The zero-order valence-electron chi connectivity index (χ0n) is 13.7. The molecule has 0 N–H and O–H groups in total. The fourth-order valence-corrected chi connectivity index (χ4v) is 4.27. The fourth-order valence-electron chi connectivity index (χ4n) is 3.61. The summed E-state index contributed by atoms with van der Waals surface area (Å²) in [6, 6.07) is 2.82. The smallest absolute Gasteiger partial charge is 0.0781 e. The summed E-state index contributed by atoms with van der Waals surface area (Å²) < 4.78 is 12.0. The lowest BCUT2D eigenvalue weighted by Gasteiger charge is -2.39. The van der Waals surface area contributed by atoms with Gasteiger partial charge in [-0.3, -0.25) is 4.90 Å². The summed E-state index contributed by atoms with van der Waals surface area (Å²) in [6.07, 6.45) is 2.85. The van der Waals surface area contributed by atoms with E-state index in [1.54, 1.807) is 11.3 Å². The molecule has 0 amide bonds. The minimum Gasteiger partial charge on any atom is -0.380 e. The van der Waals surface area contributed by atoms with Gasteiger partial charge >= 0.3 is 0 Å². The second-order valence-corrected chi connectivity index (χ2v) is 7.50. The summed E-state index contributed by atoms with van der Waals surface area (Å²) in [4.78, 5) is 4.78. The Bertz CT molecular complexity index is 438. The van der Waals surface area contributed by atoms with Crippen LogP contribution in [-0.4, -0.2) is 69.0 Å². The van der Waals surface area contributed by atoms with Crippen molar-refractivity contribution < 1.29 is 9.47 Å². The SMILES string of the molecule is CN(C)CCOC[C@@H]1CC[C@@H]2[C@H]1OCCN2Cc1ccsc1. The van der Waals surface area contributed by atoms with Crippen molar-refractivity contribution in [1.82, 2.24) is 9.80 Å². The van der Waals surface area contributed by atoms with Crippen LogP contribution in [0.4, 0.5) is 0 Å². The van der Waals surface area contributed by atoms with E-state index in [0.717, 1.165) is 39.5 Å². The Balaban J connectivity index is 1.49. The average Bonchev–Trinajstić information content (AvgIpc) is 3.14. The summed E-state index contributed by atoms with van der Waals surface area (Å²) in [5, 5.41) is 4.44. The van der Waals surface area contributed by atoms with Gasteiger partial charge in [0.05, 0.1) is 25.9 Å². The Kier molecular flexibility index (Phi) is 5.88. The van der Waals surface area contributed by atoms with Crippen molar-refractivity contribution in [2.45, 2.75) is 31.5 Å². The number of rotatable bonds is 7. The number of fused-ring (bicyclic) bond motifs is 1. The molecule has 1 aliphatic carbocycles. The predicted molar refractivity (Wildman–Crippen MR) is 90.4 cm³/mol. The minimum absolute atomic E-state index is 0.367. The highest BCUT2D eigenvalue weighted by molar-refractivity contribution is 7.07. The highest BCUT2D eigenvalue weighted by Crippen LogP contribution is 2.35. The van der Waals surface area contributed by atoms with Crippen LogP contribution in [0.25, 0.3) is 0 Å². The van der Waals surface area contributed by atoms with Crippen molar-refractivity contribution >= 4 is 11.3 Å². The van der Waals surface area contributed by atoms with E-state index in [2.05, 4.69) is 40.7 Å². The molecule has 124 valence electrons. The van der Waals surface area contributed by atoms with Crippen LogP contribution in [0.15, 0.2) is 16.8 Å². The van der Waals surface area contributed by atoms with Crippen LogP contribution in [0.5, 0.6) is 0 Å². The molecule has 4 nitrogen and oxygen atoms in total. The fraction of sp³-hybridized carbons (Fsp3) is 0.765. The van der Waals surface area contributed by atoms with Gasteiger partial charge in [0, 0.05) is 31.6 Å². The first-order valence-corrected chi connectivity index (χ1v) is 9.27. The molecule has 3 rings (SSSR count). The third kappa shape index (κ3) is 4.09. The summed E-state index contributed by atoms with van der Waals surface area (Å²) in [5.74, 6) is 0.567. The van der Waals surface area contributed by atoms with Crippen molar-refractivity contribution in [2.24, 2.45) is 5.92 Å². The molecule has 2 heterocycles. The molecule has 0 unspecified atom stereocenters. The number of nitrogens with zero attached hydrogens (tertiary/aromatic N) is 2. The lowest BCUT2D eigenvalue weighted by Crippen LogP contribution is -2.50. The number of hydrogen-bond donors (Lipinski definition) is 0. The van der Waals surface area contributed by atoms with E-state index < -0.39 is 0 Å². The largest absolute Gasteiger partial charge is 0.380 e. The molecule has 1 aromatic rings. The minimum atomic E-state index is 0.367. The molecule has 0 radical (unpaired) electrons. The molecule has 1 saturated heterocycles. The highest BCUT2D eigenvalue weighted by atomic mass is 32.1. The Morgan fingerprint density at radius 1 is 1.41 bits per heavy atom. The maximum absolute atomic E-state index is 6.11. The lowest BCUT2D eigenvalue weighted by molar-refractivity contribution is -0.0883. The molecule has 2 aliphatic rings. The van der Waals surface area contributed by atoms with E-state index in [1.807, 2.05) is 0 Å². The van der Waals surface area contributed by atoms with Gasteiger partial charge in [-0.25, -0.2) is 0 Å². The molecular weight excluding hydrogens is 296 g/mol. The molecule has 0 spiro atoms. The van der Waals surface area contributed by atoms with Gasteiger partial charge in [-0.1, -0.05) is 0 Å². The van der Waals surface area contributed by atoms with Crippen LogP contribution < -0.4 is 0 Å². The van der Waals surface area contributed by atoms with Crippen LogP contribution in [-0.2, 0) is 16.0 Å². The third-order valence-corrected chi connectivity index (χ3v) is 5.55. The lowest BCUT2D eigenvalue weighted by atomic mass is 10.0. The van der Waals surface area contributed by atoms with Gasteiger partial charge in [0.15, 0.2) is 0 Å². The molecule has 1 aromatic heterocycles. The van der Waals surface area contributed by atoms with E-state index in [0.29, 0.717) is 18.1 Å². The van der Waals surface area contributed by atoms with Crippen LogP contribution in [0.1, 0.15) is 18.4 Å². The number of morpholine rings is 1. The van der Waals surface area contributed by atoms with Crippen LogP contribution in [0.2, 0.25) is 0 Å². The molecule has 0 aromatic carbocycles. The van der Waals surface area contributed by atoms with E-state index >= 15 is 0 Å². The Morgan fingerprint density at radius 2 is 2.32 bits per heavy atom. The molecule has 5 heteroatoms. The first-order valence-electron chi connectivity index (χ1n) is 8.33. The Hall–Kier alpha value is -0.460. The topological polar surface area (TPSA) is 24.9 Å². The Labute approximate surface area is 138 Å².